The van der Waals surface area contributed by atoms with Crippen molar-refractivity contribution in [1.29, 1.82) is 0 Å². The zero-order valence-electron chi connectivity index (χ0n) is 12.6. The van der Waals surface area contributed by atoms with Crippen LogP contribution in [0.4, 0.5) is 14.5 Å². The fourth-order valence-corrected chi connectivity index (χ4v) is 2.00. The number of nitrogens with one attached hydrogen (secondary N) is 1. The maximum Gasteiger partial charge on any atom is 0.254 e. The van der Waals surface area contributed by atoms with Crippen molar-refractivity contribution in [3.63, 3.8) is 0 Å². The van der Waals surface area contributed by atoms with E-state index in [2.05, 4.69) is 0 Å². The molecule has 0 bridgehead atoms. The number of nitrogens with two attached hydrogens (primary N) is 1. The molecule has 0 saturated carbocycles. The highest BCUT2D eigenvalue weighted by molar-refractivity contribution is 5.94. The number of hydrazine groups is 1. The summed E-state index contributed by atoms with van der Waals surface area (Å²) in [7, 11) is 3.89. The molecule has 0 heterocycles. The van der Waals surface area contributed by atoms with Gasteiger partial charge in [-0.1, -0.05) is 0 Å². The number of hydrogen-bond acceptors (Lipinski definition) is 4. The van der Waals surface area contributed by atoms with Crippen LogP contribution in [0.5, 0.6) is 0 Å². The first kappa shape index (κ1) is 17.3. The van der Waals surface area contributed by atoms with E-state index in [0.29, 0.717) is 13.1 Å². The number of carbonyl (C=O) groups excluding carboxylic acids is 1. The van der Waals surface area contributed by atoms with Gasteiger partial charge in [0.1, 0.15) is 5.69 Å². The third-order valence-corrected chi connectivity index (χ3v) is 3.14. The van der Waals surface area contributed by atoms with Crippen molar-refractivity contribution >= 4 is 11.6 Å². The summed E-state index contributed by atoms with van der Waals surface area (Å²) in [5.74, 6) is 2.87. The monoisotopic (exact) mass is 300 g/mol. The summed E-state index contributed by atoms with van der Waals surface area (Å²) in [4.78, 5) is 15.9. The standard InChI is InChI=1S/C14H22F2N4O/c1-4-20(7-5-6-19(2)3)14(21)10-8-11(15)13(18-17)12(16)9-10/h8-9,18H,4-7,17H2,1-3H3. The van der Waals surface area contributed by atoms with Gasteiger partial charge < -0.3 is 15.2 Å². The maximum atomic E-state index is 13.6. The highest BCUT2D eigenvalue weighted by Crippen LogP contribution is 2.20. The molecule has 21 heavy (non-hydrogen) atoms. The van der Waals surface area contributed by atoms with E-state index in [1.165, 1.54) is 0 Å². The number of carbonyl (C=O) groups is 1. The third kappa shape index (κ3) is 4.64. The van der Waals surface area contributed by atoms with E-state index in [4.69, 9.17) is 5.84 Å². The molecule has 1 aromatic rings. The largest absolute Gasteiger partial charge is 0.339 e. The first-order valence-electron chi connectivity index (χ1n) is 6.80. The van der Waals surface area contributed by atoms with Crippen LogP contribution in [0.25, 0.3) is 0 Å². The number of benzene rings is 1. The molecule has 0 fully saturated rings. The Balaban J connectivity index is 2.85. The van der Waals surface area contributed by atoms with E-state index >= 15 is 0 Å². The minimum atomic E-state index is -0.884. The predicted octanol–water partition coefficient (Wildman–Crippen LogP) is 1.66. The van der Waals surface area contributed by atoms with Crippen molar-refractivity contribution in [3.05, 3.63) is 29.3 Å². The van der Waals surface area contributed by atoms with Crippen molar-refractivity contribution in [2.75, 3.05) is 39.2 Å². The van der Waals surface area contributed by atoms with Gasteiger partial charge in [-0.3, -0.25) is 10.6 Å². The molecule has 0 aliphatic carbocycles. The quantitative estimate of drug-likeness (QED) is 0.594. The lowest BCUT2D eigenvalue weighted by Gasteiger charge is -2.22. The van der Waals surface area contributed by atoms with Crippen LogP contribution in [-0.2, 0) is 0 Å². The van der Waals surface area contributed by atoms with Crippen LogP contribution in [0.1, 0.15) is 23.7 Å². The van der Waals surface area contributed by atoms with E-state index in [0.717, 1.165) is 25.1 Å². The summed E-state index contributed by atoms with van der Waals surface area (Å²) in [6.07, 6.45) is 0.792. The summed E-state index contributed by atoms with van der Waals surface area (Å²) in [5, 5.41) is 0. The number of nitrogen functional groups attached to an aromatic ring is 1. The number of rotatable bonds is 7. The molecular formula is C14H22F2N4O. The number of hydrogen-bond donors (Lipinski definition) is 2. The first-order chi connectivity index (χ1) is 9.90. The first-order valence-corrected chi connectivity index (χ1v) is 6.80. The van der Waals surface area contributed by atoms with Crippen molar-refractivity contribution < 1.29 is 13.6 Å². The zero-order valence-corrected chi connectivity index (χ0v) is 12.6. The van der Waals surface area contributed by atoms with E-state index < -0.39 is 23.2 Å². The molecule has 0 radical (unpaired) electrons. The average molecular weight is 300 g/mol. The number of amides is 1. The van der Waals surface area contributed by atoms with Crippen LogP contribution >= 0.6 is 0 Å². The Bertz CT molecular complexity index is 471. The molecule has 0 aromatic heterocycles. The maximum absolute atomic E-state index is 13.6. The van der Waals surface area contributed by atoms with E-state index in [1.54, 1.807) is 4.90 Å². The molecule has 0 saturated heterocycles. The van der Waals surface area contributed by atoms with Crippen molar-refractivity contribution in [2.45, 2.75) is 13.3 Å². The van der Waals surface area contributed by atoms with Crippen molar-refractivity contribution in [3.8, 4) is 0 Å². The van der Waals surface area contributed by atoms with Crippen LogP contribution in [0.2, 0.25) is 0 Å². The second-order valence-electron chi connectivity index (χ2n) is 5.00. The summed E-state index contributed by atoms with van der Waals surface area (Å²) in [6, 6.07) is 1.99. The van der Waals surface area contributed by atoms with Crippen LogP contribution in [0, 0.1) is 11.6 Å². The van der Waals surface area contributed by atoms with Gasteiger partial charge in [-0.15, -0.1) is 0 Å². The second-order valence-corrected chi connectivity index (χ2v) is 5.00. The smallest absolute Gasteiger partial charge is 0.254 e. The molecule has 5 nitrogen and oxygen atoms in total. The molecule has 0 aliphatic heterocycles. The van der Waals surface area contributed by atoms with Gasteiger partial charge in [0.25, 0.3) is 5.91 Å². The predicted molar refractivity (Wildman–Crippen MR) is 78.9 cm³/mol. The van der Waals surface area contributed by atoms with Crippen LogP contribution in [-0.4, -0.2) is 49.4 Å². The van der Waals surface area contributed by atoms with Gasteiger partial charge in [0.2, 0.25) is 0 Å². The average Bonchev–Trinajstić information content (AvgIpc) is 2.42. The fraction of sp³-hybridized carbons (Fsp3) is 0.500. The highest BCUT2D eigenvalue weighted by Gasteiger charge is 2.18. The topological polar surface area (TPSA) is 61.6 Å². The fourth-order valence-electron chi connectivity index (χ4n) is 2.00. The third-order valence-electron chi connectivity index (χ3n) is 3.14. The Morgan fingerprint density at radius 3 is 2.24 bits per heavy atom. The molecule has 0 aliphatic rings. The summed E-state index contributed by atoms with van der Waals surface area (Å²) in [6.45, 7) is 3.68. The molecule has 0 atom stereocenters. The van der Waals surface area contributed by atoms with Gasteiger partial charge in [-0.05, 0) is 46.1 Å². The molecule has 0 spiro atoms. The lowest BCUT2D eigenvalue weighted by Crippen LogP contribution is -2.33. The van der Waals surface area contributed by atoms with E-state index in [1.807, 2.05) is 31.3 Å². The lowest BCUT2D eigenvalue weighted by atomic mass is 10.1. The molecule has 1 amide bonds. The van der Waals surface area contributed by atoms with Crippen molar-refractivity contribution in [1.82, 2.24) is 9.80 Å². The Labute approximate surface area is 123 Å². The van der Waals surface area contributed by atoms with E-state index in [9.17, 15) is 13.6 Å². The Morgan fingerprint density at radius 2 is 1.81 bits per heavy atom. The van der Waals surface area contributed by atoms with Gasteiger partial charge >= 0.3 is 0 Å². The molecule has 1 aromatic carbocycles. The SMILES string of the molecule is CCN(CCCN(C)C)C(=O)c1cc(F)c(NN)c(F)c1. The molecule has 3 N–H and O–H groups in total. The summed E-state index contributed by atoms with van der Waals surface area (Å²) in [5.41, 5.74) is 1.48. The van der Waals surface area contributed by atoms with Gasteiger partial charge in [0.05, 0.1) is 0 Å². The number of nitrogens with zero attached hydrogens (tertiary/aromatic N) is 2. The molecule has 7 heteroatoms. The van der Waals surface area contributed by atoms with Crippen LogP contribution in [0.3, 0.4) is 0 Å². The molecular weight excluding hydrogens is 278 g/mol. The van der Waals surface area contributed by atoms with Crippen molar-refractivity contribution in [2.24, 2.45) is 5.84 Å². The van der Waals surface area contributed by atoms with Gasteiger partial charge in [0.15, 0.2) is 11.6 Å². The minimum Gasteiger partial charge on any atom is -0.339 e. The van der Waals surface area contributed by atoms with Crippen LogP contribution < -0.4 is 11.3 Å². The summed E-state index contributed by atoms with van der Waals surface area (Å²) < 4.78 is 27.3. The van der Waals surface area contributed by atoms with E-state index in [-0.39, 0.29) is 5.56 Å². The lowest BCUT2D eigenvalue weighted by molar-refractivity contribution is 0.0758. The molecule has 1 rings (SSSR count). The normalized spacial score (nSPS) is 10.8. The molecule has 118 valence electrons. The number of halogens is 2. The van der Waals surface area contributed by atoms with Gasteiger partial charge in [0, 0.05) is 18.7 Å². The zero-order chi connectivity index (χ0) is 16.0. The Morgan fingerprint density at radius 1 is 1.24 bits per heavy atom. The molecule has 0 unspecified atom stereocenters. The Kier molecular flexibility index (Phi) is 6.51. The number of anilines is 1. The Hall–Kier alpha value is -1.73. The van der Waals surface area contributed by atoms with Gasteiger partial charge in [-0.25, -0.2) is 8.78 Å². The minimum absolute atomic E-state index is 0.0179. The summed E-state index contributed by atoms with van der Waals surface area (Å²) >= 11 is 0. The van der Waals surface area contributed by atoms with Gasteiger partial charge in [-0.2, -0.15) is 0 Å². The highest BCUT2D eigenvalue weighted by atomic mass is 19.1. The van der Waals surface area contributed by atoms with Crippen LogP contribution in [0.15, 0.2) is 12.1 Å². The second kappa shape index (κ2) is 7.90.